The lowest BCUT2D eigenvalue weighted by atomic mass is 10.3. The van der Waals surface area contributed by atoms with E-state index in [9.17, 15) is 4.79 Å². The molecule has 0 aliphatic carbocycles. The predicted molar refractivity (Wildman–Crippen MR) is 94.0 cm³/mol. The summed E-state index contributed by atoms with van der Waals surface area (Å²) in [5.74, 6) is 0. The molecule has 0 spiro atoms. The van der Waals surface area contributed by atoms with Gasteiger partial charge in [-0.15, -0.1) is 11.3 Å². The summed E-state index contributed by atoms with van der Waals surface area (Å²) >= 11 is 13.3. The first-order valence-corrected chi connectivity index (χ1v) is 8.08. The average molecular weight is 365 g/mol. The quantitative estimate of drug-likeness (QED) is 0.693. The molecule has 0 saturated heterocycles. The molecule has 1 N–H and O–H groups in total. The first-order valence-electron chi connectivity index (χ1n) is 6.50. The molecule has 23 heavy (non-hydrogen) atoms. The molecular weight excluding hydrogens is 355 g/mol. The van der Waals surface area contributed by atoms with Crippen molar-refractivity contribution in [3.63, 3.8) is 0 Å². The van der Waals surface area contributed by atoms with Crippen molar-refractivity contribution in [1.82, 2.24) is 9.97 Å². The zero-order valence-corrected chi connectivity index (χ0v) is 13.9. The van der Waals surface area contributed by atoms with E-state index in [4.69, 9.17) is 23.2 Å². The van der Waals surface area contributed by atoms with Crippen molar-refractivity contribution < 1.29 is 4.79 Å². The van der Waals surface area contributed by atoms with E-state index in [1.165, 1.54) is 35.0 Å². The van der Waals surface area contributed by atoms with Crippen LogP contribution in [0, 0.1) is 0 Å². The number of rotatable bonds is 3. The van der Waals surface area contributed by atoms with Crippen LogP contribution in [0.15, 0.2) is 55.1 Å². The second-order valence-electron chi connectivity index (χ2n) is 4.45. The van der Waals surface area contributed by atoms with E-state index >= 15 is 0 Å². The third kappa shape index (κ3) is 3.79. The number of nitrogens with one attached hydrogen (secondary N) is 1. The normalized spacial score (nSPS) is 10.3. The number of halogens is 2. The fourth-order valence-electron chi connectivity index (χ4n) is 1.93. The van der Waals surface area contributed by atoms with Gasteiger partial charge in [0.2, 0.25) is 0 Å². The van der Waals surface area contributed by atoms with E-state index in [2.05, 4.69) is 15.3 Å². The van der Waals surface area contributed by atoms with Crippen molar-refractivity contribution in [1.29, 1.82) is 0 Å². The molecule has 0 aliphatic heterocycles. The van der Waals surface area contributed by atoms with Gasteiger partial charge in [-0.25, -0.2) is 14.8 Å². The van der Waals surface area contributed by atoms with Crippen LogP contribution in [-0.2, 0) is 0 Å². The molecule has 0 aliphatic rings. The molecule has 116 valence electrons. The van der Waals surface area contributed by atoms with Crippen molar-refractivity contribution in [3.8, 4) is 0 Å². The number of urea groups is 1. The third-order valence-corrected chi connectivity index (χ3v) is 4.31. The maximum absolute atomic E-state index is 12.7. The number of benzene rings is 1. The van der Waals surface area contributed by atoms with Gasteiger partial charge >= 0.3 is 6.03 Å². The number of amides is 2. The Morgan fingerprint density at radius 2 is 1.91 bits per heavy atom. The third-order valence-electron chi connectivity index (χ3n) is 2.86. The number of nitrogens with zero attached hydrogens (tertiary/aromatic N) is 3. The van der Waals surface area contributed by atoms with Gasteiger partial charge in [-0.3, -0.25) is 4.90 Å². The average Bonchev–Trinajstić information content (AvgIpc) is 2.94. The Labute approximate surface area is 146 Å². The van der Waals surface area contributed by atoms with Gasteiger partial charge in [-0.05, 0) is 30.3 Å². The number of thiophene rings is 1. The molecule has 0 saturated carbocycles. The highest BCUT2D eigenvalue weighted by Gasteiger charge is 2.20. The molecule has 1 aromatic carbocycles. The number of carbonyl (C=O) groups is 1. The van der Waals surface area contributed by atoms with E-state index in [0.29, 0.717) is 25.7 Å². The number of hydrogen-bond acceptors (Lipinski definition) is 4. The van der Waals surface area contributed by atoms with Crippen LogP contribution in [0.3, 0.4) is 0 Å². The molecule has 3 aromatic rings. The summed E-state index contributed by atoms with van der Waals surface area (Å²) in [4.78, 5) is 22.0. The zero-order chi connectivity index (χ0) is 16.2. The van der Waals surface area contributed by atoms with Crippen LogP contribution in [0.5, 0.6) is 0 Å². The number of anilines is 3. The largest absolute Gasteiger partial charge is 0.331 e. The Balaban J connectivity index is 1.96. The van der Waals surface area contributed by atoms with Gasteiger partial charge in [-0.2, -0.15) is 0 Å². The summed E-state index contributed by atoms with van der Waals surface area (Å²) in [5, 5.41) is 3.96. The standard InChI is InChI=1S/C15H10Cl2N4OS/c16-10-2-1-3-12(6-10)21(14-5-4-13(17)23-14)15(22)20-11-7-18-9-19-8-11/h1-9H,(H,20,22). The van der Waals surface area contributed by atoms with Crippen molar-refractivity contribution in [3.05, 3.63) is 64.5 Å². The summed E-state index contributed by atoms with van der Waals surface area (Å²) in [6.07, 6.45) is 4.42. The number of carbonyl (C=O) groups excluding carboxylic acids is 1. The molecule has 0 atom stereocenters. The molecule has 3 rings (SSSR count). The van der Waals surface area contributed by atoms with Crippen LogP contribution in [0.25, 0.3) is 0 Å². The lowest BCUT2D eigenvalue weighted by Crippen LogP contribution is -2.30. The van der Waals surface area contributed by atoms with E-state index in [1.807, 2.05) is 0 Å². The number of aromatic nitrogens is 2. The first-order chi connectivity index (χ1) is 11.1. The van der Waals surface area contributed by atoms with Crippen LogP contribution >= 0.6 is 34.5 Å². The Bertz CT molecular complexity index is 825. The van der Waals surface area contributed by atoms with Gasteiger partial charge in [0.1, 0.15) is 11.3 Å². The Hall–Kier alpha value is -2.15. The molecular formula is C15H10Cl2N4OS. The smallest absolute Gasteiger partial charge is 0.304 e. The van der Waals surface area contributed by atoms with Gasteiger partial charge in [0.15, 0.2) is 0 Å². The molecule has 0 radical (unpaired) electrons. The van der Waals surface area contributed by atoms with E-state index < -0.39 is 0 Å². The minimum atomic E-state index is -0.361. The van der Waals surface area contributed by atoms with Crippen LogP contribution in [0.1, 0.15) is 0 Å². The van der Waals surface area contributed by atoms with Gasteiger partial charge in [0, 0.05) is 5.02 Å². The fourth-order valence-corrected chi connectivity index (χ4v) is 3.16. The molecule has 8 heteroatoms. The number of hydrogen-bond donors (Lipinski definition) is 1. The maximum atomic E-state index is 12.7. The lowest BCUT2D eigenvalue weighted by Gasteiger charge is -2.21. The minimum absolute atomic E-state index is 0.361. The SMILES string of the molecule is O=C(Nc1cncnc1)N(c1cccc(Cl)c1)c1ccc(Cl)s1. The summed E-state index contributed by atoms with van der Waals surface area (Å²) < 4.78 is 0.586. The van der Waals surface area contributed by atoms with Crippen LogP contribution in [0.2, 0.25) is 9.36 Å². The van der Waals surface area contributed by atoms with Crippen molar-refractivity contribution >= 4 is 56.9 Å². The topological polar surface area (TPSA) is 58.1 Å². The lowest BCUT2D eigenvalue weighted by molar-refractivity contribution is 0.259. The van der Waals surface area contributed by atoms with Gasteiger partial charge in [0.05, 0.1) is 28.1 Å². The zero-order valence-electron chi connectivity index (χ0n) is 11.6. The van der Waals surface area contributed by atoms with Gasteiger partial charge in [-0.1, -0.05) is 29.3 Å². The highest BCUT2D eigenvalue weighted by atomic mass is 35.5. The van der Waals surface area contributed by atoms with Crippen LogP contribution in [-0.4, -0.2) is 16.0 Å². The van der Waals surface area contributed by atoms with Gasteiger partial charge in [0.25, 0.3) is 0 Å². The highest BCUT2D eigenvalue weighted by Crippen LogP contribution is 2.35. The molecule has 2 amide bonds. The van der Waals surface area contributed by atoms with E-state index in [1.54, 1.807) is 36.4 Å². The Morgan fingerprint density at radius 3 is 2.57 bits per heavy atom. The first kappa shape index (κ1) is 15.7. The summed E-state index contributed by atoms with van der Waals surface area (Å²) in [7, 11) is 0. The fraction of sp³-hybridized carbons (Fsp3) is 0. The molecule has 5 nitrogen and oxygen atoms in total. The summed E-state index contributed by atoms with van der Waals surface area (Å²) in [6.45, 7) is 0. The van der Waals surface area contributed by atoms with Crippen LogP contribution in [0.4, 0.5) is 21.2 Å². The molecule has 0 unspecified atom stereocenters. The van der Waals surface area contributed by atoms with Crippen molar-refractivity contribution in [2.75, 3.05) is 10.2 Å². The molecule has 2 heterocycles. The maximum Gasteiger partial charge on any atom is 0.331 e. The van der Waals surface area contributed by atoms with Crippen LogP contribution < -0.4 is 10.2 Å². The van der Waals surface area contributed by atoms with Crippen molar-refractivity contribution in [2.45, 2.75) is 0 Å². The second-order valence-corrected chi connectivity index (χ2v) is 6.58. The van der Waals surface area contributed by atoms with E-state index in [0.717, 1.165) is 0 Å². The Kier molecular flexibility index (Phi) is 4.76. The predicted octanol–water partition coefficient (Wildman–Crippen LogP) is 5.22. The molecule has 0 fully saturated rings. The summed E-state index contributed by atoms with van der Waals surface area (Å²) in [6, 6.07) is 10.2. The molecule has 0 bridgehead atoms. The minimum Gasteiger partial charge on any atom is -0.304 e. The van der Waals surface area contributed by atoms with E-state index in [-0.39, 0.29) is 6.03 Å². The summed E-state index contributed by atoms with van der Waals surface area (Å²) in [5.41, 5.74) is 1.12. The molecule has 2 aromatic heterocycles. The second kappa shape index (κ2) is 6.95. The highest BCUT2D eigenvalue weighted by molar-refractivity contribution is 7.20. The Morgan fingerprint density at radius 1 is 1.13 bits per heavy atom. The van der Waals surface area contributed by atoms with Crippen molar-refractivity contribution in [2.24, 2.45) is 0 Å². The monoisotopic (exact) mass is 364 g/mol. The van der Waals surface area contributed by atoms with Gasteiger partial charge < -0.3 is 5.32 Å².